The molecule has 0 aliphatic heterocycles. The van der Waals surface area contributed by atoms with E-state index in [-0.39, 0.29) is 12.4 Å². The highest BCUT2D eigenvalue weighted by Gasteiger charge is 2.13. The van der Waals surface area contributed by atoms with Crippen LogP contribution in [-0.4, -0.2) is 25.6 Å². The zero-order chi connectivity index (χ0) is 21.2. The summed E-state index contributed by atoms with van der Waals surface area (Å²) in [7, 11) is 1.60. The van der Waals surface area contributed by atoms with Crippen LogP contribution in [0.15, 0.2) is 90.5 Å². The summed E-state index contributed by atoms with van der Waals surface area (Å²) in [6, 6.07) is 25.5. The molecule has 0 aliphatic carbocycles. The van der Waals surface area contributed by atoms with Gasteiger partial charge in [0.25, 0.3) is 0 Å². The van der Waals surface area contributed by atoms with Crippen LogP contribution in [0.2, 0.25) is 0 Å². The topological polar surface area (TPSA) is 64.6 Å². The van der Waals surface area contributed by atoms with Crippen molar-refractivity contribution < 1.29 is 19.1 Å². The zero-order valence-corrected chi connectivity index (χ0v) is 16.7. The Morgan fingerprint density at radius 1 is 0.867 bits per heavy atom. The van der Waals surface area contributed by atoms with Crippen molar-refractivity contribution in [2.75, 3.05) is 19.0 Å². The molecular weight excluding hydrogens is 378 g/mol. The maximum absolute atomic E-state index is 13.0. The summed E-state index contributed by atoms with van der Waals surface area (Å²) in [6.07, 6.45) is 1.55. The van der Waals surface area contributed by atoms with Gasteiger partial charge in [-0.3, -0.25) is 10.1 Å². The third-order valence-electron chi connectivity index (χ3n) is 4.41. The Labute approximate surface area is 176 Å². The molecule has 0 aliphatic rings. The molecule has 3 aromatic carbocycles. The molecule has 5 nitrogen and oxygen atoms in total. The van der Waals surface area contributed by atoms with Gasteiger partial charge in [0.05, 0.1) is 13.7 Å². The van der Waals surface area contributed by atoms with E-state index in [1.165, 1.54) is 0 Å². The minimum atomic E-state index is -0.558. The smallest absolute Gasteiger partial charge is 0.411 e. The van der Waals surface area contributed by atoms with E-state index in [9.17, 15) is 9.59 Å². The molecule has 3 aromatic rings. The molecule has 3 rings (SSSR count). The molecule has 5 heteroatoms. The highest BCUT2D eigenvalue weighted by molar-refractivity contribution is 6.11. The maximum Gasteiger partial charge on any atom is 0.411 e. The molecule has 152 valence electrons. The number of methoxy groups -OCH3 is 1. The molecule has 0 bridgehead atoms. The summed E-state index contributed by atoms with van der Waals surface area (Å²) in [4.78, 5) is 25.0. The Balaban J connectivity index is 1.69. The normalized spacial score (nSPS) is 10.9. The molecule has 0 saturated carbocycles. The number of ether oxygens (including phenoxy) is 2. The molecule has 30 heavy (non-hydrogen) atoms. The summed E-state index contributed by atoms with van der Waals surface area (Å²) in [5, 5.41) is 2.66. The Kier molecular flexibility index (Phi) is 7.39. The number of anilines is 1. The predicted molar refractivity (Wildman–Crippen MR) is 118 cm³/mol. The van der Waals surface area contributed by atoms with Gasteiger partial charge in [0.2, 0.25) is 0 Å². The van der Waals surface area contributed by atoms with Crippen molar-refractivity contribution in [3.8, 4) is 5.75 Å². The van der Waals surface area contributed by atoms with Gasteiger partial charge in [-0.2, -0.15) is 0 Å². The summed E-state index contributed by atoms with van der Waals surface area (Å²) < 4.78 is 10.5. The fourth-order valence-corrected chi connectivity index (χ4v) is 2.86. The number of nitrogens with one attached hydrogen (secondary N) is 1. The van der Waals surface area contributed by atoms with Gasteiger partial charge in [-0.05, 0) is 35.9 Å². The first-order valence-corrected chi connectivity index (χ1v) is 9.59. The highest BCUT2D eigenvalue weighted by atomic mass is 16.5. The highest BCUT2D eigenvalue weighted by Crippen LogP contribution is 2.19. The lowest BCUT2D eigenvalue weighted by Gasteiger charge is -2.10. The van der Waals surface area contributed by atoms with Crippen LogP contribution in [0.5, 0.6) is 5.75 Å². The summed E-state index contributed by atoms with van der Waals surface area (Å²) in [6.45, 7) is 0.0826. The van der Waals surface area contributed by atoms with Crippen LogP contribution in [0.1, 0.15) is 22.3 Å². The number of Topliss-reactive ketones (excluding diaryl/α,β-unsaturated/α-hetero) is 1. The maximum atomic E-state index is 13.0. The van der Waals surface area contributed by atoms with Gasteiger partial charge in [-0.25, -0.2) is 4.79 Å². The third-order valence-corrected chi connectivity index (χ3v) is 4.41. The van der Waals surface area contributed by atoms with Crippen molar-refractivity contribution in [1.82, 2.24) is 0 Å². The number of hydrogen-bond donors (Lipinski definition) is 1. The summed E-state index contributed by atoms with van der Waals surface area (Å²) in [5.41, 5.74) is 2.66. The fourth-order valence-electron chi connectivity index (χ4n) is 2.86. The Morgan fingerprint density at radius 2 is 1.50 bits per heavy atom. The lowest BCUT2D eigenvalue weighted by Crippen LogP contribution is -2.15. The molecule has 0 atom stereocenters. The van der Waals surface area contributed by atoms with E-state index >= 15 is 0 Å². The monoisotopic (exact) mass is 401 g/mol. The molecule has 0 aromatic heterocycles. The first kappa shape index (κ1) is 20.9. The number of benzene rings is 3. The van der Waals surface area contributed by atoms with E-state index < -0.39 is 6.09 Å². The number of hydrogen-bond acceptors (Lipinski definition) is 4. The number of carbonyl (C=O) groups is 2. The van der Waals surface area contributed by atoms with Gasteiger partial charge in [-0.15, -0.1) is 0 Å². The molecule has 1 N–H and O–H groups in total. The van der Waals surface area contributed by atoms with Crippen LogP contribution in [-0.2, 0) is 4.74 Å². The van der Waals surface area contributed by atoms with Crippen LogP contribution < -0.4 is 10.1 Å². The van der Waals surface area contributed by atoms with Crippen molar-refractivity contribution in [2.45, 2.75) is 6.42 Å². The average molecular weight is 401 g/mol. The molecule has 0 heterocycles. The first-order chi connectivity index (χ1) is 14.7. The number of rotatable bonds is 8. The van der Waals surface area contributed by atoms with Crippen molar-refractivity contribution in [2.24, 2.45) is 0 Å². The van der Waals surface area contributed by atoms with Crippen LogP contribution in [0.3, 0.4) is 0 Å². The molecular formula is C25H23NO4. The van der Waals surface area contributed by atoms with Gasteiger partial charge in [0, 0.05) is 23.2 Å². The van der Waals surface area contributed by atoms with Crippen LogP contribution in [0.4, 0.5) is 10.5 Å². The second-order valence-corrected chi connectivity index (χ2v) is 6.51. The van der Waals surface area contributed by atoms with Gasteiger partial charge in [0.15, 0.2) is 5.78 Å². The fraction of sp³-hybridized carbons (Fsp3) is 0.120. The van der Waals surface area contributed by atoms with E-state index in [0.29, 0.717) is 23.2 Å². The van der Waals surface area contributed by atoms with Crippen LogP contribution in [0.25, 0.3) is 6.08 Å². The Bertz CT molecular complexity index is 996. The summed E-state index contributed by atoms with van der Waals surface area (Å²) in [5.74, 6) is 0.641. The third kappa shape index (κ3) is 6.07. The molecule has 0 unspecified atom stereocenters. The van der Waals surface area contributed by atoms with E-state index in [4.69, 9.17) is 9.47 Å². The minimum Gasteiger partial charge on any atom is -0.497 e. The van der Waals surface area contributed by atoms with Crippen LogP contribution in [0, 0.1) is 0 Å². The van der Waals surface area contributed by atoms with Gasteiger partial charge >= 0.3 is 6.09 Å². The zero-order valence-electron chi connectivity index (χ0n) is 16.7. The molecule has 0 spiro atoms. The van der Waals surface area contributed by atoms with E-state index in [0.717, 1.165) is 11.3 Å². The number of ketones is 1. The van der Waals surface area contributed by atoms with Crippen molar-refractivity contribution in [3.05, 3.63) is 102 Å². The lowest BCUT2D eigenvalue weighted by molar-refractivity contribution is 0.102. The quantitative estimate of drug-likeness (QED) is 0.394. The predicted octanol–water partition coefficient (Wildman–Crippen LogP) is 5.60. The molecule has 0 saturated heterocycles. The first-order valence-electron chi connectivity index (χ1n) is 9.59. The van der Waals surface area contributed by atoms with Crippen molar-refractivity contribution in [3.63, 3.8) is 0 Å². The second kappa shape index (κ2) is 10.6. The molecule has 0 radical (unpaired) electrons. The Morgan fingerprint density at radius 3 is 2.13 bits per heavy atom. The number of para-hydroxylation sites is 1. The second-order valence-electron chi connectivity index (χ2n) is 6.51. The lowest BCUT2D eigenvalue weighted by atomic mass is 9.98. The number of carbonyl (C=O) groups excluding carboxylic acids is 2. The molecule has 1 amide bonds. The Hall–Kier alpha value is -3.86. The van der Waals surface area contributed by atoms with E-state index in [1.807, 2.05) is 66.7 Å². The van der Waals surface area contributed by atoms with E-state index in [2.05, 4.69) is 5.32 Å². The van der Waals surface area contributed by atoms with Gasteiger partial charge in [0.1, 0.15) is 5.75 Å². The van der Waals surface area contributed by atoms with Crippen molar-refractivity contribution >= 4 is 23.6 Å². The SMILES string of the molecule is COc1ccc(/C=C(\CCOC(=O)Nc2ccccc2)C(=O)c2ccccc2)cc1. The summed E-state index contributed by atoms with van der Waals surface area (Å²) >= 11 is 0. The standard InChI is InChI=1S/C25H23NO4/c1-29-23-14-12-19(13-15-23)18-21(24(27)20-8-4-2-5-9-20)16-17-30-25(28)26-22-10-6-3-7-11-22/h2-15,18H,16-17H2,1H3,(H,26,28)/b21-18+. The largest absolute Gasteiger partial charge is 0.497 e. The van der Waals surface area contributed by atoms with Gasteiger partial charge in [-0.1, -0.05) is 60.7 Å². The van der Waals surface area contributed by atoms with Crippen LogP contribution >= 0.6 is 0 Å². The number of amides is 1. The molecule has 0 fully saturated rings. The van der Waals surface area contributed by atoms with Gasteiger partial charge < -0.3 is 9.47 Å². The van der Waals surface area contributed by atoms with Crippen molar-refractivity contribution in [1.29, 1.82) is 0 Å². The average Bonchev–Trinajstić information content (AvgIpc) is 2.79. The minimum absolute atomic E-state index is 0.0826. The van der Waals surface area contributed by atoms with E-state index in [1.54, 1.807) is 31.4 Å².